The Morgan fingerprint density at radius 1 is 0.390 bits per heavy atom. The summed E-state index contributed by atoms with van der Waals surface area (Å²) >= 11 is 25.8. The summed E-state index contributed by atoms with van der Waals surface area (Å²) in [5.74, 6) is 3.02. The number of hydrogen-bond acceptors (Lipinski definition) is 14. The fraction of sp³-hybridized carbons (Fsp3) is 0.439. The first-order chi connectivity index (χ1) is 47.7. The Morgan fingerprint density at radius 3 is 1.02 bits per heavy atom. The number of hydrogen-bond donors (Lipinski definition) is 2. The van der Waals surface area contributed by atoms with Gasteiger partial charge in [0.25, 0.3) is 0 Å². The molecule has 0 radical (unpaired) electrons. The van der Waals surface area contributed by atoms with Gasteiger partial charge in [-0.2, -0.15) is 0 Å². The summed E-state index contributed by atoms with van der Waals surface area (Å²) in [7, 11) is 9.18. The molecule has 100 heavy (non-hydrogen) atoms. The number of methoxy groups -OCH3 is 6. The van der Waals surface area contributed by atoms with Crippen LogP contribution < -0.4 is 18.9 Å². The maximum atomic E-state index is 12.1. The average Bonchev–Trinajstić information content (AvgIpc) is 1.41. The molecule has 0 aliphatic heterocycles. The van der Waals surface area contributed by atoms with Gasteiger partial charge < -0.3 is 38.6 Å². The summed E-state index contributed by atoms with van der Waals surface area (Å²) < 4.78 is 30.9. The second-order valence-electron chi connectivity index (χ2n) is 29.3. The minimum atomic E-state index is -0.335. The van der Waals surface area contributed by atoms with Crippen LogP contribution in [-0.4, -0.2) is 84.7 Å². The maximum absolute atomic E-state index is 12.1. The molecule has 0 bridgehead atoms. The van der Waals surface area contributed by atoms with E-state index in [0.717, 1.165) is 99.9 Å². The van der Waals surface area contributed by atoms with Gasteiger partial charge in [0, 0.05) is 46.5 Å². The molecule has 4 aromatic carbocycles. The smallest absolute Gasteiger partial charge is 0.337 e. The summed E-state index contributed by atoms with van der Waals surface area (Å²) in [6.45, 7) is 18.5. The molecule has 18 heteroatoms. The molecule has 4 aromatic heterocycles. The standard InChI is InChI=1S/2C21H24ClNO3.2C20H24ClNO2/c1-21(2)11-5-6-16(21)15-12-13(20(24)26-4)7-8-14(15)19-17(22)9-10-18(23-19)25-3;1-21(2)9-5-6-17(21)15-10-13(20(24)26-4)7-8-14(15)16-11-19(25-3)23-12-18(16)22;1-20(2)10-4-5-16(20)15-11-13(12-23)6-7-14(15)19-17(21)8-9-18(22-19)24-3;1-20(2)8-4-5-17(20)15-9-13(12-23)6-7-14(15)16-10-19(24-3)22-11-18(16)21/h7-10,12,16H,5-6,11H2,1-4H3;7-8,10-12,17H,5-6,9H2,1-4H3;6-9,11,16,23H,4-5,10,12H2,1-3H3;6-7,9-11,17,23H,4-5,8,12H2,1-3H3/t16-;17-;16-;17-/m0000/s1. The Morgan fingerprint density at radius 2 is 0.700 bits per heavy atom. The number of benzene rings is 4. The molecular weight excluding hydrogens is 1340 g/mol. The van der Waals surface area contributed by atoms with Crippen LogP contribution in [0.2, 0.25) is 20.1 Å². The fourth-order valence-corrected chi connectivity index (χ4v) is 16.5. The highest BCUT2D eigenvalue weighted by Gasteiger charge is 2.41. The van der Waals surface area contributed by atoms with Gasteiger partial charge in [-0.05, 0) is 178 Å². The lowest BCUT2D eigenvalue weighted by Crippen LogP contribution is -2.17. The summed E-state index contributed by atoms with van der Waals surface area (Å²) in [5.41, 5.74) is 15.8. The highest BCUT2D eigenvalue weighted by atomic mass is 35.5. The third-order valence-electron chi connectivity index (χ3n) is 21.3. The van der Waals surface area contributed by atoms with E-state index in [9.17, 15) is 19.8 Å². The largest absolute Gasteiger partial charge is 0.481 e. The van der Waals surface area contributed by atoms with E-state index in [1.165, 1.54) is 63.9 Å². The van der Waals surface area contributed by atoms with Crippen molar-refractivity contribution in [1.29, 1.82) is 0 Å². The summed E-state index contributed by atoms with van der Waals surface area (Å²) in [4.78, 5) is 41.6. The van der Waals surface area contributed by atoms with E-state index in [1.807, 2.05) is 60.7 Å². The van der Waals surface area contributed by atoms with Crippen LogP contribution in [0.15, 0.2) is 122 Å². The number of carbonyl (C=O) groups is 2. The van der Waals surface area contributed by atoms with Crippen molar-refractivity contribution in [2.45, 2.75) is 169 Å². The molecule has 14 nitrogen and oxygen atoms in total. The van der Waals surface area contributed by atoms with Crippen LogP contribution >= 0.6 is 46.4 Å². The third-order valence-corrected chi connectivity index (χ3v) is 22.5. The van der Waals surface area contributed by atoms with Gasteiger partial charge in [-0.25, -0.2) is 29.5 Å². The van der Waals surface area contributed by atoms with E-state index in [-0.39, 0.29) is 46.8 Å². The zero-order chi connectivity index (χ0) is 72.4. The number of aliphatic hydroxyl groups excluding tert-OH is 2. The molecule has 2 N–H and O–H groups in total. The van der Waals surface area contributed by atoms with Gasteiger partial charge in [0.05, 0.1) is 111 Å². The van der Waals surface area contributed by atoms with Gasteiger partial charge in [-0.3, -0.25) is 0 Å². The van der Waals surface area contributed by atoms with Crippen molar-refractivity contribution in [3.8, 4) is 68.3 Å². The fourth-order valence-electron chi connectivity index (χ4n) is 15.7. The lowest BCUT2D eigenvalue weighted by molar-refractivity contribution is 0.0591. The van der Waals surface area contributed by atoms with Gasteiger partial charge in [0.2, 0.25) is 23.5 Å². The Kier molecular flexibility index (Phi) is 25.5. The quantitative estimate of drug-likeness (QED) is 0.0872. The van der Waals surface area contributed by atoms with Crippen LogP contribution in [0.1, 0.15) is 210 Å². The minimum absolute atomic E-state index is 0.0414. The van der Waals surface area contributed by atoms with Crippen LogP contribution in [0, 0.1) is 21.7 Å². The SMILES string of the molecule is COC(=O)c1ccc(-c2cc(OC)ncc2Cl)c([C@@H]2CCCC2(C)C)c1.COC(=O)c1ccc(-c2nc(OC)ccc2Cl)c([C@@H]2CCCC2(C)C)c1.COc1cc(-c2ccc(CO)cc2[C@@H]2CCCC2(C)C)c(Cl)cn1.COc1ccc(Cl)c(-c2ccc(CO)cc2[C@@H]2CCCC2(C)C)n1. The number of halogens is 4. The Balaban J connectivity index is 0.000000156. The number of carbonyl (C=O) groups excluding carboxylic acids is 2. The molecule has 0 saturated heterocycles. The molecule has 4 aliphatic carbocycles. The molecule has 8 aromatic rings. The van der Waals surface area contributed by atoms with Crippen molar-refractivity contribution in [2.24, 2.45) is 21.7 Å². The minimum Gasteiger partial charge on any atom is -0.481 e. The third kappa shape index (κ3) is 17.4. The molecule has 4 atom stereocenters. The molecular formula is C82H96Cl4N4O10. The van der Waals surface area contributed by atoms with E-state index >= 15 is 0 Å². The highest BCUT2D eigenvalue weighted by molar-refractivity contribution is 6.34. The topological polar surface area (TPSA) is 182 Å². The van der Waals surface area contributed by atoms with Crippen molar-refractivity contribution < 1.29 is 48.2 Å². The Bertz CT molecular complexity index is 3950. The summed E-state index contributed by atoms with van der Waals surface area (Å²) in [6.07, 6.45) is 17.2. The number of aliphatic hydroxyl groups is 2. The van der Waals surface area contributed by atoms with E-state index in [1.54, 1.807) is 71.2 Å². The molecule has 4 saturated carbocycles. The number of rotatable bonds is 16. The van der Waals surface area contributed by atoms with Crippen molar-refractivity contribution in [2.75, 3.05) is 42.7 Å². The van der Waals surface area contributed by atoms with Gasteiger partial charge in [-0.15, -0.1) is 0 Å². The second-order valence-corrected chi connectivity index (χ2v) is 30.9. The average molecular weight is 1440 g/mol. The van der Waals surface area contributed by atoms with Crippen LogP contribution in [0.5, 0.6) is 23.5 Å². The summed E-state index contributed by atoms with van der Waals surface area (Å²) in [5, 5.41) is 21.5. The van der Waals surface area contributed by atoms with E-state index < -0.39 is 0 Å². The molecule has 0 amide bonds. The molecule has 0 unspecified atom stereocenters. The first-order valence-corrected chi connectivity index (χ1v) is 35.9. The van der Waals surface area contributed by atoms with Gasteiger partial charge in [0.1, 0.15) is 0 Å². The molecule has 4 heterocycles. The second kappa shape index (κ2) is 33.2. The highest BCUT2D eigenvalue weighted by Crippen LogP contribution is 2.56. The van der Waals surface area contributed by atoms with Crippen LogP contribution in [0.3, 0.4) is 0 Å². The number of ether oxygens (including phenoxy) is 6. The zero-order valence-corrected chi connectivity index (χ0v) is 63.2. The first-order valence-electron chi connectivity index (χ1n) is 34.4. The number of aromatic nitrogens is 4. The van der Waals surface area contributed by atoms with Crippen molar-refractivity contribution >= 4 is 58.3 Å². The van der Waals surface area contributed by atoms with Crippen molar-refractivity contribution in [1.82, 2.24) is 19.9 Å². The van der Waals surface area contributed by atoms with Crippen molar-refractivity contribution in [3.63, 3.8) is 0 Å². The number of pyridine rings is 4. The molecule has 0 spiro atoms. The summed E-state index contributed by atoms with van der Waals surface area (Å²) in [6, 6.07) is 34.5. The first kappa shape index (κ1) is 76.9. The van der Waals surface area contributed by atoms with E-state index in [2.05, 4.69) is 93.5 Å². The predicted octanol–water partition coefficient (Wildman–Crippen LogP) is 21.4. The predicted molar refractivity (Wildman–Crippen MR) is 401 cm³/mol. The van der Waals surface area contributed by atoms with Crippen molar-refractivity contribution in [3.05, 3.63) is 186 Å². The lowest BCUT2D eigenvalue weighted by Gasteiger charge is -2.30. The lowest BCUT2D eigenvalue weighted by atomic mass is 9.75. The molecule has 4 aliphatic rings. The molecule has 532 valence electrons. The van der Waals surface area contributed by atoms with Crippen LogP contribution in [-0.2, 0) is 22.7 Å². The van der Waals surface area contributed by atoms with Gasteiger partial charge >= 0.3 is 11.9 Å². The maximum Gasteiger partial charge on any atom is 0.337 e. The van der Waals surface area contributed by atoms with Gasteiger partial charge in [0.15, 0.2) is 0 Å². The monoisotopic (exact) mass is 1440 g/mol. The molecule has 4 fully saturated rings. The van der Waals surface area contributed by atoms with E-state index in [0.29, 0.717) is 84.1 Å². The van der Waals surface area contributed by atoms with Crippen LogP contribution in [0.25, 0.3) is 44.8 Å². The van der Waals surface area contributed by atoms with E-state index in [4.69, 9.17) is 74.8 Å². The molecule has 12 rings (SSSR count). The normalized spacial score (nSPS) is 19.0. The Hall–Kier alpha value is -7.30. The van der Waals surface area contributed by atoms with Crippen LogP contribution in [0.4, 0.5) is 0 Å². The zero-order valence-electron chi connectivity index (χ0n) is 60.2. The Labute approximate surface area is 610 Å². The number of esters is 2. The number of nitrogens with zero attached hydrogens (tertiary/aromatic N) is 4. The van der Waals surface area contributed by atoms with Gasteiger partial charge in [-0.1, -0.05) is 176 Å².